The molecular formula is C18H24N2O3. The Morgan fingerprint density at radius 1 is 1.30 bits per heavy atom. The molecule has 3 rings (SSSR count). The van der Waals surface area contributed by atoms with Gasteiger partial charge in [0.05, 0.1) is 5.54 Å². The monoisotopic (exact) mass is 316 g/mol. The molecule has 2 aromatic rings. The van der Waals surface area contributed by atoms with E-state index in [2.05, 4.69) is 6.92 Å². The van der Waals surface area contributed by atoms with E-state index in [0.29, 0.717) is 32.6 Å². The van der Waals surface area contributed by atoms with Crippen LogP contribution in [0, 0.1) is 0 Å². The van der Waals surface area contributed by atoms with Gasteiger partial charge in [-0.15, -0.1) is 0 Å². The molecule has 2 N–H and O–H groups in total. The first kappa shape index (κ1) is 16.0. The van der Waals surface area contributed by atoms with E-state index < -0.39 is 5.54 Å². The molecule has 5 nitrogen and oxygen atoms in total. The fourth-order valence-electron chi connectivity index (χ4n) is 3.25. The maximum Gasteiger partial charge on any atom is 0.242 e. The maximum atomic E-state index is 12.8. The third-order valence-electron chi connectivity index (χ3n) is 4.66. The molecule has 23 heavy (non-hydrogen) atoms. The van der Waals surface area contributed by atoms with E-state index in [9.17, 15) is 4.79 Å². The summed E-state index contributed by atoms with van der Waals surface area (Å²) in [6.07, 6.45) is 1.94. The van der Waals surface area contributed by atoms with Crippen molar-refractivity contribution < 1.29 is 13.9 Å². The summed E-state index contributed by atoms with van der Waals surface area (Å²) < 4.78 is 11.2. The summed E-state index contributed by atoms with van der Waals surface area (Å²) in [5.41, 5.74) is 7.46. The highest BCUT2D eigenvalue weighted by atomic mass is 16.5. The molecule has 1 aliphatic heterocycles. The van der Waals surface area contributed by atoms with Crippen LogP contribution in [0.15, 0.2) is 28.7 Å². The quantitative estimate of drug-likeness (QED) is 0.941. The zero-order valence-electron chi connectivity index (χ0n) is 13.8. The van der Waals surface area contributed by atoms with Crippen LogP contribution in [0.1, 0.15) is 31.1 Å². The van der Waals surface area contributed by atoms with Gasteiger partial charge in [-0.2, -0.15) is 0 Å². The summed E-state index contributed by atoms with van der Waals surface area (Å²) in [5, 5.41) is 1.07. The van der Waals surface area contributed by atoms with Crippen LogP contribution in [0.3, 0.4) is 0 Å². The molecule has 5 heteroatoms. The zero-order chi connectivity index (χ0) is 16.4. The largest absolute Gasteiger partial charge is 0.461 e. The number of amides is 1. The van der Waals surface area contributed by atoms with Crippen molar-refractivity contribution in [2.45, 2.75) is 38.3 Å². The Balaban J connectivity index is 1.85. The molecule has 2 heterocycles. The molecule has 1 aliphatic rings. The number of hydrogen-bond donors (Lipinski definition) is 1. The van der Waals surface area contributed by atoms with E-state index in [4.69, 9.17) is 14.9 Å². The van der Waals surface area contributed by atoms with Crippen LogP contribution in [0.25, 0.3) is 11.0 Å². The van der Waals surface area contributed by atoms with Gasteiger partial charge in [0.1, 0.15) is 11.3 Å². The Morgan fingerprint density at radius 3 is 2.70 bits per heavy atom. The van der Waals surface area contributed by atoms with Crippen molar-refractivity contribution in [2.24, 2.45) is 5.73 Å². The van der Waals surface area contributed by atoms with Crippen LogP contribution in [-0.2, 0) is 22.5 Å². The van der Waals surface area contributed by atoms with E-state index in [1.165, 1.54) is 0 Å². The molecule has 0 aliphatic carbocycles. The minimum atomic E-state index is -0.807. The van der Waals surface area contributed by atoms with Gasteiger partial charge in [-0.3, -0.25) is 4.79 Å². The van der Waals surface area contributed by atoms with E-state index >= 15 is 0 Å². The molecule has 124 valence electrons. The molecule has 0 spiro atoms. The Hall–Kier alpha value is -1.85. The normalized spacial score (nSPS) is 17.3. The minimum Gasteiger partial charge on any atom is -0.461 e. The number of carbonyl (C=O) groups is 1. The van der Waals surface area contributed by atoms with Crippen LogP contribution in [0.2, 0.25) is 0 Å². The molecule has 0 radical (unpaired) electrons. The molecule has 0 bridgehead atoms. The summed E-state index contributed by atoms with van der Waals surface area (Å²) in [6.45, 7) is 3.67. The lowest BCUT2D eigenvalue weighted by molar-refractivity contribution is -0.139. The number of fused-ring (bicyclic) bond motifs is 1. The van der Waals surface area contributed by atoms with Gasteiger partial charge in [-0.1, -0.05) is 25.1 Å². The highest BCUT2D eigenvalue weighted by Crippen LogP contribution is 2.28. The Kier molecular flexibility index (Phi) is 4.41. The first-order valence-corrected chi connectivity index (χ1v) is 8.16. The van der Waals surface area contributed by atoms with Crippen LogP contribution in [0.4, 0.5) is 0 Å². The predicted molar refractivity (Wildman–Crippen MR) is 89.0 cm³/mol. The Bertz CT molecular complexity index is 701. The third kappa shape index (κ3) is 2.99. The van der Waals surface area contributed by atoms with Crippen molar-refractivity contribution >= 4 is 16.9 Å². The van der Waals surface area contributed by atoms with Crippen LogP contribution >= 0.6 is 0 Å². The number of para-hydroxylation sites is 1. The van der Waals surface area contributed by atoms with Gasteiger partial charge in [0.2, 0.25) is 5.91 Å². The maximum absolute atomic E-state index is 12.8. The van der Waals surface area contributed by atoms with E-state index in [-0.39, 0.29) is 5.91 Å². The first-order valence-electron chi connectivity index (χ1n) is 8.16. The number of likely N-dealkylation sites (N-methyl/N-ethyl adjacent to an activating group) is 1. The number of ether oxygens (including phenoxy) is 1. The minimum absolute atomic E-state index is 0.0202. The number of hydrogen-bond acceptors (Lipinski definition) is 4. The van der Waals surface area contributed by atoms with E-state index in [1.54, 1.807) is 4.90 Å². The highest BCUT2D eigenvalue weighted by molar-refractivity contribution is 5.87. The molecule has 0 saturated carbocycles. The number of rotatable bonds is 4. The molecule has 1 aromatic heterocycles. The standard InChI is InChI=1S/C18H24N2O3/c1-3-15-14(13-6-4-5-7-16(13)23-15)12-20(2)17(21)18(19)8-10-22-11-9-18/h4-7H,3,8-12,19H2,1-2H3. The summed E-state index contributed by atoms with van der Waals surface area (Å²) in [6, 6.07) is 7.95. The summed E-state index contributed by atoms with van der Waals surface area (Å²) in [4.78, 5) is 14.5. The van der Waals surface area contributed by atoms with Crippen LogP contribution in [-0.4, -0.2) is 36.6 Å². The van der Waals surface area contributed by atoms with Crippen molar-refractivity contribution in [1.29, 1.82) is 0 Å². The lowest BCUT2D eigenvalue weighted by atomic mass is 9.89. The smallest absolute Gasteiger partial charge is 0.242 e. The number of carbonyl (C=O) groups excluding carboxylic acids is 1. The highest BCUT2D eigenvalue weighted by Gasteiger charge is 2.38. The van der Waals surface area contributed by atoms with Gasteiger partial charge in [0.25, 0.3) is 0 Å². The summed E-state index contributed by atoms with van der Waals surface area (Å²) in [7, 11) is 1.81. The Morgan fingerprint density at radius 2 is 2.00 bits per heavy atom. The first-order chi connectivity index (χ1) is 11.0. The van der Waals surface area contributed by atoms with Crippen molar-refractivity contribution in [3.8, 4) is 0 Å². The molecule has 1 aromatic carbocycles. The van der Waals surface area contributed by atoms with Gasteiger partial charge in [-0.05, 0) is 18.9 Å². The SMILES string of the molecule is CCc1oc2ccccc2c1CN(C)C(=O)C1(N)CCOCC1. The fraction of sp³-hybridized carbons (Fsp3) is 0.500. The number of furan rings is 1. The van der Waals surface area contributed by atoms with Gasteiger partial charge in [0, 0.05) is 44.2 Å². The second kappa shape index (κ2) is 6.34. The third-order valence-corrected chi connectivity index (χ3v) is 4.66. The van der Waals surface area contributed by atoms with Gasteiger partial charge < -0.3 is 19.8 Å². The van der Waals surface area contributed by atoms with E-state index in [0.717, 1.165) is 28.7 Å². The molecule has 0 unspecified atom stereocenters. The number of benzene rings is 1. The van der Waals surface area contributed by atoms with E-state index in [1.807, 2.05) is 31.3 Å². The lowest BCUT2D eigenvalue weighted by Crippen LogP contribution is -2.57. The van der Waals surface area contributed by atoms with Crippen molar-refractivity contribution in [3.05, 3.63) is 35.6 Å². The molecule has 1 amide bonds. The summed E-state index contributed by atoms with van der Waals surface area (Å²) >= 11 is 0. The zero-order valence-corrected chi connectivity index (χ0v) is 13.8. The second-order valence-electron chi connectivity index (χ2n) is 6.28. The lowest BCUT2D eigenvalue weighted by Gasteiger charge is -2.35. The molecular weight excluding hydrogens is 292 g/mol. The molecule has 1 saturated heterocycles. The second-order valence-corrected chi connectivity index (χ2v) is 6.28. The molecule has 0 atom stereocenters. The number of nitrogens with two attached hydrogens (primary N) is 1. The molecule has 1 fully saturated rings. The van der Waals surface area contributed by atoms with Crippen molar-refractivity contribution in [2.75, 3.05) is 20.3 Å². The average molecular weight is 316 g/mol. The Labute approximate surface area is 136 Å². The van der Waals surface area contributed by atoms with Crippen LogP contribution in [0.5, 0.6) is 0 Å². The topological polar surface area (TPSA) is 68.7 Å². The number of nitrogens with zero attached hydrogens (tertiary/aromatic N) is 1. The van der Waals surface area contributed by atoms with Crippen molar-refractivity contribution in [1.82, 2.24) is 4.90 Å². The van der Waals surface area contributed by atoms with Gasteiger partial charge >= 0.3 is 0 Å². The average Bonchev–Trinajstić information content (AvgIpc) is 2.92. The van der Waals surface area contributed by atoms with Gasteiger partial charge in [-0.25, -0.2) is 0 Å². The van der Waals surface area contributed by atoms with Gasteiger partial charge in [0.15, 0.2) is 0 Å². The van der Waals surface area contributed by atoms with Crippen LogP contribution < -0.4 is 5.73 Å². The number of aryl methyl sites for hydroxylation is 1. The van der Waals surface area contributed by atoms with Crippen molar-refractivity contribution in [3.63, 3.8) is 0 Å². The fourth-order valence-corrected chi connectivity index (χ4v) is 3.25. The predicted octanol–water partition coefficient (Wildman–Crippen LogP) is 2.46. The summed E-state index contributed by atoms with van der Waals surface area (Å²) in [5.74, 6) is 0.914.